The Morgan fingerprint density at radius 1 is 0.448 bits per heavy atom. The largest absolute Gasteiger partial charge is 0.394 e. The van der Waals surface area contributed by atoms with Gasteiger partial charge in [0.05, 0.1) is 26.4 Å². The number of aliphatic hydroxyl groups is 11. The van der Waals surface area contributed by atoms with Gasteiger partial charge in [0, 0.05) is 20.8 Å². The fourth-order valence-electron chi connectivity index (χ4n) is 7.17. The first-order valence-corrected chi connectivity index (χ1v) is 18.2. The second kappa shape index (κ2) is 21.1. The van der Waals surface area contributed by atoms with Crippen molar-refractivity contribution < 1.29 is 109 Å². The lowest BCUT2D eigenvalue weighted by molar-refractivity contribution is -0.362. The van der Waals surface area contributed by atoms with Crippen LogP contribution in [0, 0.1) is 0 Å². The van der Waals surface area contributed by atoms with Gasteiger partial charge in [-0.3, -0.25) is 19.2 Å². The highest BCUT2D eigenvalue weighted by atomic mass is 16.8. The summed E-state index contributed by atoms with van der Waals surface area (Å²) in [5.74, 6) is -3.24. The number of hydrogen-bond donors (Lipinski definition) is 15. The molecule has 58 heavy (non-hydrogen) atoms. The Kier molecular flexibility index (Phi) is 17.4. The molecule has 0 spiro atoms. The molecule has 4 rings (SSSR count). The molecule has 15 N–H and O–H groups in total. The van der Waals surface area contributed by atoms with Crippen molar-refractivity contribution in [2.75, 3.05) is 33.0 Å². The van der Waals surface area contributed by atoms with E-state index in [1.165, 1.54) is 0 Å². The maximum Gasteiger partial charge on any atom is 0.246 e. The Morgan fingerprint density at radius 2 is 0.776 bits per heavy atom. The van der Waals surface area contributed by atoms with Gasteiger partial charge in [-0.25, -0.2) is 0 Å². The molecule has 26 heteroatoms. The molecule has 4 heterocycles. The number of aliphatic hydroxyl groups excluding tert-OH is 11. The normalized spacial score (nSPS) is 43.2. The lowest BCUT2D eigenvalue weighted by atomic mass is 9.93. The van der Waals surface area contributed by atoms with Crippen LogP contribution in [-0.2, 0) is 52.3 Å². The van der Waals surface area contributed by atoms with E-state index in [0.717, 1.165) is 20.8 Å². The summed E-state index contributed by atoms with van der Waals surface area (Å²) in [4.78, 5) is 48.6. The number of amides is 4. The van der Waals surface area contributed by atoms with Crippen LogP contribution in [0.25, 0.3) is 0 Å². The van der Waals surface area contributed by atoms with Crippen molar-refractivity contribution in [3.63, 3.8) is 0 Å². The summed E-state index contributed by atoms with van der Waals surface area (Å²) in [6.45, 7) is -1.38. The Hall–Kier alpha value is -2.84. The van der Waals surface area contributed by atoms with Crippen LogP contribution in [0.1, 0.15) is 20.8 Å². The van der Waals surface area contributed by atoms with E-state index in [2.05, 4.69) is 21.3 Å². The molecule has 0 radical (unpaired) electrons. The Labute approximate surface area is 329 Å². The highest BCUT2D eigenvalue weighted by molar-refractivity contribution is 5.77. The van der Waals surface area contributed by atoms with Crippen LogP contribution in [0.3, 0.4) is 0 Å². The molecule has 4 aliphatic rings. The van der Waals surface area contributed by atoms with Gasteiger partial charge in [0.25, 0.3) is 0 Å². The van der Waals surface area contributed by atoms with Gasteiger partial charge < -0.3 is 111 Å². The fourth-order valence-corrected chi connectivity index (χ4v) is 7.17. The van der Waals surface area contributed by atoms with E-state index in [0.29, 0.717) is 0 Å². The van der Waals surface area contributed by atoms with E-state index in [1.54, 1.807) is 0 Å². The van der Waals surface area contributed by atoms with Gasteiger partial charge >= 0.3 is 0 Å². The topological polar surface area (TPSA) is 404 Å². The third kappa shape index (κ3) is 10.9. The molecule has 0 aromatic rings. The van der Waals surface area contributed by atoms with Gasteiger partial charge in [0.15, 0.2) is 25.2 Å². The average molecular weight is 847 g/mol. The van der Waals surface area contributed by atoms with Crippen molar-refractivity contribution in [1.82, 2.24) is 21.3 Å². The van der Waals surface area contributed by atoms with E-state index in [1.807, 2.05) is 0 Å². The molecule has 0 aromatic heterocycles. The van der Waals surface area contributed by atoms with Gasteiger partial charge in [-0.2, -0.15) is 0 Å². The molecule has 0 aromatic carbocycles. The van der Waals surface area contributed by atoms with Crippen LogP contribution in [0.2, 0.25) is 0 Å². The zero-order valence-corrected chi connectivity index (χ0v) is 31.5. The van der Waals surface area contributed by atoms with Crippen molar-refractivity contribution in [3.05, 3.63) is 0 Å². The number of ether oxygens (including phenoxy) is 7. The highest BCUT2D eigenvalue weighted by Crippen LogP contribution is 2.34. The fraction of sp³-hybridized carbons (Fsp3) is 0.875. The highest BCUT2D eigenvalue weighted by Gasteiger charge is 2.56. The van der Waals surface area contributed by atoms with Crippen LogP contribution < -0.4 is 21.3 Å². The van der Waals surface area contributed by atoms with Gasteiger partial charge in [-0.1, -0.05) is 0 Å². The van der Waals surface area contributed by atoms with E-state index >= 15 is 0 Å². The number of nitrogens with one attached hydrogen (secondary N) is 4. The van der Waals surface area contributed by atoms with E-state index in [-0.39, 0.29) is 0 Å². The number of rotatable bonds is 15. The maximum atomic E-state index is 12.4. The molecule has 0 aliphatic carbocycles. The molecule has 0 unspecified atom stereocenters. The van der Waals surface area contributed by atoms with Crippen molar-refractivity contribution in [2.24, 2.45) is 0 Å². The van der Waals surface area contributed by atoms with Gasteiger partial charge in [0.2, 0.25) is 23.6 Å². The summed E-state index contributed by atoms with van der Waals surface area (Å²) >= 11 is 0. The van der Waals surface area contributed by atoms with Gasteiger partial charge in [-0.15, -0.1) is 0 Å². The first-order chi connectivity index (χ1) is 27.4. The molecule has 26 nitrogen and oxygen atoms in total. The number of carbonyl (C=O) groups excluding carboxylic acids is 4. The predicted molar refractivity (Wildman–Crippen MR) is 182 cm³/mol. The van der Waals surface area contributed by atoms with Crippen LogP contribution in [-0.4, -0.2) is 235 Å². The van der Waals surface area contributed by atoms with Gasteiger partial charge in [-0.05, 0) is 0 Å². The minimum atomic E-state index is -1.93. The molecule has 20 atom stereocenters. The Bertz CT molecular complexity index is 1390. The zero-order valence-electron chi connectivity index (χ0n) is 31.5. The number of carbonyl (C=O) groups is 4. The Morgan fingerprint density at radius 3 is 1.12 bits per heavy atom. The monoisotopic (exact) mass is 846 g/mol. The smallest absolute Gasteiger partial charge is 0.246 e. The molecule has 334 valence electrons. The summed E-state index contributed by atoms with van der Waals surface area (Å²) in [5, 5.41) is 125. The van der Waals surface area contributed by atoms with E-state index in [9.17, 15) is 70.2 Å². The second-order valence-corrected chi connectivity index (χ2v) is 14.1. The molecule has 0 saturated carbocycles. The SMILES string of the molecule is CC(=O)N[C@H]1[C@H](O[C@H]2[C@H](O)[C@@H](NC(=O)CO)[C@H](O)O[C@@H]2CO)O[C@H](CO)[C@@H](O[C@@H]2O[C@H](CO)[C@@H](O[C@@H]3O[C@H](CO)[C@@H](O)[C@H](O)[C@H]3NC(C)=O)[C@H](O)[C@H]2NC(C)=O)[C@@H]1O. The summed E-state index contributed by atoms with van der Waals surface area (Å²) in [6, 6.07) is -6.37. The molecule has 4 amide bonds. The molecular formula is C32H54N4O22. The molecule has 4 aliphatic heterocycles. The first kappa shape index (κ1) is 47.8. The van der Waals surface area contributed by atoms with E-state index in [4.69, 9.17) is 38.3 Å². The first-order valence-electron chi connectivity index (χ1n) is 18.2. The van der Waals surface area contributed by atoms with Crippen LogP contribution in [0.15, 0.2) is 0 Å². The minimum absolute atomic E-state index is 0.692. The number of hydrogen-bond acceptors (Lipinski definition) is 22. The molecular weight excluding hydrogens is 792 g/mol. The third-order valence-corrected chi connectivity index (χ3v) is 9.91. The Balaban J connectivity index is 1.61. The molecule has 4 saturated heterocycles. The lowest BCUT2D eigenvalue weighted by Crippen LogP contribution is -2.71. The standard InChI is InChI=1S/C32H54N4O22/c1-9(42)33-18-22(47)21(46)12(4-37)53-30(18)57-27-14(6-39)55-32(20(24(27)49)35-11(3)44)58-28-15(7-40)54-31(19(25(28)50)34-10(2)43)56-26-13(5-38)52-29(51)17(23(26)48)36-16(45)8-41/h12-15,17-32,37-41,46-51H,4-8H2,1-3H3,(H,33,42)(H,34,43)(H,35,44)(H,36,45)/t12-,13-,14-,15-,17-,18-,19-,20-,21-,22-,23-,24-,25-,26-,27-,28-,29-,30+,31+,32+/m1/s1. The summed E-state index contributed by atoms with van der Waals surface area (Å²) in [7, 11) is 0. The minimum Gasteiger partial charge on any atom is -0.394 e. The second-order valence-electron chi connectivity index (χ2n) is 14.1. The molecule has 0 bridgehead atoms. The average Bonchev–Trinajstić information content (AvgIpc) is 3.17. The summed E-state index contributed by atoms with van der Waals surface area (Å²) in [6.07, 6.45) is -27.5. The third-order valence-electron chi connectivity index (χ3n) is 9.91. The van der Waals surface area contributed by atoms with Crippen molar-refractivity contribution >= 4 is 23.6 Å². The maximum absolute atomic E-state index is 12.4. The van der Waals surface area contributed by atoms with Crippen LogP contribution >= 0.6 is 0 Å². The summed E-state index contributed by atoms with van der Waals surface area (Å²) < 4.78 is 40.5. The summed E-state index contributed by atoms with van der Waals surface area (Å²) in [5.41, 5.74) is 0. The van der Waals surface area contributed by atoms with Crippen molar-refractivity contribution in [2.45, 2.75) is 143 Å². The predicted octanol–water partition coefficient (Wildman–Crippen LogP) is -10.2. The van der Waals surface area contributed by atoms with Crippen LogP contribution in [0.5, 0.6) is 0 Å². The van der Waals surface area contributed by atoms with Crippen molar-refractivity contribution in [3.8, 4) is 0 Å². The van der Waals surface area contributed by atoms with Crippen LogP contribution in [0.4, 0.5) is 0 Å². The molecule has 4 fully saturated rings. The lowest BCUT2D eigenvalue weighted by Gasteiger charge is -2.51. The van der Waals surface area contributed by atoms with E-state index < -0.39 is 179 Å². The van der Waals surface area contributed by atoms with Gasteiger partial charge in [0.1, 0.15) is 104 Å². The van der Waals surface area contributed by atoms with Crippen molar-refractivity contribution in [1.29, 1.82) is 0 Å². The quantitative estimate of drug-likeness (QED) is 0.0727. The zero-order chi connectivity index (χ0) is 43.2.